The molecule has 0 N–H and O–H groups in total. The number of benzene rings is 3. The van der Waals surface area contributed by atoms with Crippen LogP contribution < -0.4 is 9.30 Å². The van der Waals surface area contributed by atoms with Gasteiger partial charge in [-0.1, -0.05) is 44.2 Å². The number of ether oxygens (including phenoxy) is 1. The van der Waals surface area contributed by atoms with Gasteiger partial charge in [-0.25, -0.2) is 14.1 Å². The number of pyridine rings is 1. The molecule has 170 valence electrons. The summed E-state index contributed by atoms with van der Waals surface area (Å²) in [5.41, 5.74) is 5.82. The number of fused-ring (bicyclic) bond motifs is 5. The Labute approximate surface area is 203 Å². The van der Waals surface area contributed by atoms with Crippen LogP contribution in [0.25, 0.3) is 33.3 Å². The molecule has 3 aromatic heterocycles. The predicted octanol–water partition coefficient (Wildman–Crippen LogP) is 6.23. The SMILES string of the molecule is C[n+]1ccn(-c2cccc(Oc3ccc4c5cccc6c5n(c4c3)-c3ncccc3C6(C)C)c2)c1. The summed E-state index contributed by atoms with van der Waals surface area (Å²) in [6.45, 7) is 4.57. The maximum Gasteiger partial charge on any atom is 0.248 e. The van der Waals surface area contributed by atoms with Crippen molar-refractivity contribution in [3.63, 3.8) is 0 Å². The molecule has 6 aromatic rings. The van der Waals surface area contributed by atoms with Crippen LogP contribution in [0, 0.1) is 0 Å². The lowest BCUT2D eigenvalue weighted by atomic mass is 9.76. The molecule has 0 saturated heterocycles. The third-order valence-electron chi connectivity index (χ3n) is 7.23. The molecule has 0 saturated carbocycles. The summed E-state index contributed by atoms with van der Waals surface area (Å²) in [5.74, 6) is 2.60. The lowest BCUT2D eigenvalue weighted by Gasteiger charge is -2.33. The molecule has 4 heterocycles. The van der Waals surface area contributed by atoms with Crippen LogP contribution in [0.3, 0.4) is 0 Å². The van der Waals surface area contributed by atoms with Gasteiger partial charge in [-0.3, -0.25) is 4.57 Å². The van der Waals surface area contributed by atoms with E-state index >= 15 is 0 Å². The third kappa shape index (κ3) is 2.88. The van der Waals surface area contributed by atoms with Gasteiger partial charge in [0.15, 0.2) is 0 Å². The summed E-state index contributed by atoms with van der Waals surface area (Å²) in [5, 5.41) is 2.45. The largest absolute Gasteiger partial charge is 0.457 e. The molecule has 5 heteroatoms. The molecular formula is C30H25N4O+. The average molecular weight is 458 g/mol. The molecule has 1 aliphatic heterocycles. The lowest BCUT2D eigenvalue weighted by Crippen LogP contribution is -2.26. The summed E-state index contributed by atoms with van der Waals surface area (Å²) in [6, 6.07) is 25.4. The Morgan fingerprint density at radius 3 is 2.54 bits per heavy atom. The molecule has 0 atom stereocenters. The predicted molar refractivity (Wildman–Crippen MR) is 138 cm³/mol. The Hall–Kier alpha value is -4.38. The van der Waals surface area contributed by atoms with E-state index in [0.29, 0.717) is 0 Å². The number of hydrogen-bond acceptors (Lipinski definition) is 2. The molecule has 0 amide bonds. The van der Waals surface area contributed by atoms with Crippen LogP contribution in [0.15, 0.2) is 97.7 Å². The van der Waals surface area contributed by atoms with Gasteiger partial charge < -0.3 is 4.74 Å². The molecule has 0 aliphatic carbocycles. The van der Waals surface area contributed by atoms with E-state index in [4.69, 9.17) is 9.72 Å². The van der Waals surface area contributed by atoms with E-state index in [-0.39, 0.29) is 5.41 Å². The van der Waals surface area contributed by atoms with Crippen LogP contribution in [0.2, 0.25) is 0 Å². The summed E-state index contributed by atoms with van der Waals surface area (Å²) in [6.07, 6.45) is 7.97. The van der Waals surface area contributed by atoms with Crippen LogP contribution in [-0.2, 0) is 12.5 Å². The van der Waals surface area contributed by atoms with Crippen molar-refractivity contribution in [3.8, 4) is 23.0 Å². The molecule has 3 aromatic carbocycles. The zero-order chi connectivity index (χ0) is 23.7. The van der Waals surface area contributed by atoms with E-state index < -0.39 is 0 Å². The molecule has 0 radical (unpaired) electrons. The van der Waals surface area contributed by atoms with Gasteiger partial charge in [0.2, 0.25) is 6.33 Å². The van der Waals surface area contributed by atoms with Crippen molar-refractivity contribution in [1.82, 2.24) is 14.1 Å². The molecule has 7 rings (SSSR count). The fourth-order valence-electron chi connectivity index (χ4n) is 5.49. The first-order valence-corrected chi connectivity index (χ1v) is 11.9. The number of rotatable bonds is 3. The van der Waals surface area contributed by atoms with Crippen LogP contribution in [-0.4, -0.2) is 14.1 Å². The minimum absolute atomic E-state index is 0.123. The minimum Gasteiger partial charge on any atom is -0.457 e. The van der Waals surface area contributed by atoms with Crippen molar-refractivity contribution in [2.45, 2.75) is 19.3 Å². The number of nitrogens with zero attached hydrogens (tertiary/aromatic N) is 4. The van der Waals surface area contributed by atoms with Crippen molar-refractivity contribution in [2.75, 3.05) is 0 Å². The normalized spacial score (nSPS) is 13.8. The molecule has 0 spiro atoms. The van der Waals surface area contributed by atoms with Gasteiger partial charge in [0, 0.05) is 40.1 Å². The summed E-state index contributed by atoms with van der Waals surface area (Å²) >= 11 is 0. The highest BCUT2D eigenvalue weighted by molar-refractivity contribution is 6.11. The highest BCUT2D eigenvalue weighted by atomic mass is 16.5. The fraction of sp³-hybridized carbons (Fsp3) is 0.133. The summed E-state index contributed by atoms with van der Waals surface area (Å²) in [4.78, 5) is 4.84. The molecule has 0 fully saturated rings. The Bertz CT molecular complexity index is 1770. The van der Waals surface area contributed by atoms with Gasteiger partial charge >= 0.3 is 0 Å². The second-order valence-corrected chi connectivity index (χ2v) is 9.80. The molecule has 1 aliphatic rings. The number of hydrogen-bond donors (Lipinski definition) is 0. The summed E-state index contributed by atoms with van der Waals surface area (Å²) in [7, 11) is 2.01. The van der Waals surface area contributed by atoms with Crippen molar-refractivity contribution < 1.29 is 9.30 Å². The van der Waals surface area contributed by atoms with Gasteiger partial charge in [-0.2, -0.15) is 0 Å². The maximum absolute atomic E-state index is 6.37. The van der Waals surface area contributed by atoms with Crippen molar-refractivity contribution in [1.29, 1.82) is 0 Å². The van der Waals surface area contributed by atoms with Crippen molar-refractivity contribution >= 4 is 21.8 Å². The monoisotopic (exact) mass is 457 g/mol. The van der Waals surface area contributed by atoms with E-state index in [1.807, 2.05) is 54.7 Å². The second kappa shape index (κ2) is 7.06. The smallest absolute Gasteiger partial charge is 0.248 e. The zero-order valence-electron chi connectivity index (χ0n) is 19.9. The Morgan fingerprint density at radius 2 is 1.69 bits per heavy atom. The van der Waals surface area contributed by atoms with E-state index in [1.54, 1.807) is 0 Å². The van der Waals surface area contributed by atoms with Gasteiger partial charge in [-0.05, 0) is 35.9 Å². The zero-order valence-corrected chi connectivity index (χ0v) is 19.9. The van der Waals surface area contributed by atoms with Crippen molar-refractivity contribution in [2.24, 2.45) is 7.05 Å². The van der Waals surface area contributed by atoms with E-state index in [2.05, 4.69) is 77.6 Å². The summed E-state index contributed by atoms with van der Waals surface area (Å²) < 4.78 is 12.8. The Kier molecular flexibility index (Phi) is 4.04. The van der Waals surface area contributed by atoms with Crippen LogP contribution in [0.4, 0.5) is 0 Å². The molecule has 0 bridgehead atoms. The van der Waals surface area contributed by atoms with Crippen LogP contribution in [0.1, 0.15) is 25.0 Å². The highest BCUT2D eigenvalue weighted by Crippen LogP contribution is 2.47. The van der Waals surface area contributed by atoms with E-state index in [0.717, 1.165) is 28.5 Å². The number of para-hydroxylation sites is 1. The van der Waals surface area contributed by atoms with Gasteiger partial charge in [0.25, 0.3) is 0 Å². The third-order valence-corrected chi connectivity index (χ3v) is 7.23. The maximum atomic E-state index is 6.37. The minimum atomic E-state index is -0.123. The topological polar surface area (TPSA) is 35.9 Å². The lowest BCUT2D eigenvalue weighted by molar-refractivity contribution is -0.670. The van der Waals surface area contributed by atoms with E-state index in [9.17, 15) is 0 Å². The first kappa shape index (κ1) is 20.0. The van der Waals surface area contributed by atoms with Gasteiger partial charge in [0.05, 0.1) is 18.1 Å². The number of aryl methyl sites for hydroxylation is 1. The molecule has 5 nitrogen and oxygen atoms in total. The molecule has 0 unspecified atom stereocenters. The fourth-order valence-corrected chi connectivity index (χ4v) is 5.49. The Balaban J connectivity index is 1.40. The first-order chi connectivity index (χ1) is 17.0. The Morgan fingerprint density at radius 1 is 0.857 bits per heavy atom. The molecular weight excluding hydrogens is 432 g/mol. The standard InChI is InChI=1S/C30H25N4O/c1-30(2)25-10-5-9-24-23-13-12-22(18-27(23)34(28(24)25)29-26(30)11-6-14-31-29)35-21-8-4-7-20(17-21)33-16-15-32(3)19-33/h4-19H,1-3H3/q+1. The van der Waals surface area contributed by atoms with Crippen LogP contribution in [0.5, 0.6) is 11.5 Å². The number of aromatic nitrogens is 4. The van der Waals surface area contributed by atoms with E-state index in [1.165, 1.54) is 27.4 Å². The van der Waals surface area contributed by atoms with Gasteiger partial charge in [0.1, 0.15) is 35.4 Å². The average Bonchev–Trinajstić information content (AvgIpc) is 3.44. The van der Waals surface area contributed by atoms with Gasteiger partial charge in [-0.15, -0.1) is 0 Å². The van der Waals surface area contributed by atoms with Crippen molar-refractivity contribution in [3.05, 3.63) is 109 Å². The quantitative estimate of drug-likeness (QED) is 0.296. The number of imidazole rings is 1. The highest BCUT2D eigenvalue weighted by Gasteiger charge is 2.35. The van der Waals surface area contributed by atoms with Crippen LogP contribution >= 0.6 is 0 Å². The molecule has 35 heavy (non-hydrogen) atoms. The first-order valence-electron chi connectivity index (χ1n) is 11.9. The second-order valence-electron chi connectivity index (χ2n) is 9.80.